The maximum Gasteiger partial charge on any atom is 0.166 e. The monoisotopic (exact) mass is 250 g/mol. The number of nitrogens with one attached hydrogen (secondary N) is 1. The molecule has 1 heterocycles. The van der Waals surface area contributed by atoms with Crippen LogP contribution in [0.25, 0.3) is 0 Å². The predicted octanol–water partition coefficient (Wildman–Crippen LogP) is 1.45. The lowest BCUT2D eigenvalue weighted by molar-refractivity contribution is -0.0474. The van der Waals surface area contributed by atoms with Crippen LogP contribution in [0.3, 0.4) is 0 Å². The van der Waals surface area contributed by atoms with E-state index in [4.69, 9.17) is 14.7 Å². The number of morpholine rings is 1. The van der Waals surface area contributed by atoms with E-state index in [0.717, 1.165) is 12.6 Å². The minimum atomic E-state index is -0.522. The van der Waals surface area contributed by atoms with Crippen LogP contribution >= 0.6 is 0 Å². The zero-order valence-electron chi connectivity index (χ0n) is 10.1. The summed E-state index contributed by atoms with van der Waals surface area (Å²) in [6, 6.07) is 6.04. The highest BCUT2D eigenvalue weighted by atomic mass is 19.1. The smallest absolute Gasteiger partial charge is 0.166 e. The fraction of sp³-hybridized carbons (Fsp3) is 0.462. The molecule has 0 amide bonds. The molecule has 96 valence electrons. The van der Waals surface area contributed by atoms with E-state index in [1.165, 1.54) is 12.1 Å². The minimum Gasteiger partial charge on any atom is -0.488 e. The van der Waals surface area contributed by atoms with Gasteiger partial charge in [0.1, 0.15) is 12.7 Å². The molecule has 0 saturated carbocycles. The van der Waals surface area contributed by atoms with Gasteiger partial charge in [0, 0.05) is 13.1 Å². The van der Waals surface area contributed by atoms with Crippen LogP contribution in [-0.2, 0) is 4.74 Å². The third kappa shape index (κ3) is 3.19. The van der Waals surface area contributed by atoms with Crippen LogP contribution in [0, 0.1) is 17.1 Å². The zero-order chi connectivity index (χ0) is 13.0. The second-order valence-corrected chi connectivity index (χ2v) is 4.29. The minimum absolute atomic E-state index is 0.0798. The van der Waals surface area contributed by atoms with Gasteiger partial charge in [-0.2, -0.15) is 5.26 Å². The van der Waals surface area contributed by atoms with Crippen molar-refractivity contribution >= 4 is 0 Å². The summed E-state index contributed by atoms with van der Waals surface area (Å²) in [4.78, 5) is 0. The second kappa shape index (κ2) is 5.80. The van der Waals surface area contributed by atoms with Gasteiger partial charge in [0.25, 0.3) is 0 Å². The average molecular weight is 250 g/mol. The quantitative estimate of drug-likeness (QED) is 0.882. The maximum absolute atomic E-state index is 13.5. The summed E-state index contributed by atoms with van der Waals surface area (Å²) < 4.78 is 24.5. The molecule has 2 atom stereocenters. The Labute approximate surface area is 105 Å². The Hall–Kier alpha value is -1.64. The molecule has 1 saturated heterocycles. The van der Waals surface area contributed by atoms with Crippen molar-refractivity contribution in [3.05, 3.63) is 29.6 Å². The topological polar surface area (TPSA) is 54.3 Å². The summed E-state index contributed by atoms with van der Waals surface area (Å²) in [6.45, 7) is 3.78. The Morgan fingerprint density at radius 3 is 3.06 bits per heavy atom. The molecule has 1 aromatic carbocycles. The van der Waals surface area contributed by atoms with Gasteiger partial charge >= 0.3 is 0 Å². The van der Waals surface area contributed by atoms with Crippen LogP contribution in [0.4, 0.5) is 4.39 Å². The van der Waals surface area contributed by atoms with Gasteiger partial charge in [0.05, 0.1) is 17.7 Å². The first-order chi connectivity index (χ1) is 8.69. The van der Waals surface area contributed by atoms with Gasteiger partial charge in [0.15, 0.2) is 11.6 Å². The Kier molecular flexibility index (Phi) is 4.13. The molecule has 1 aliphatic rings. The molecule has 1 aromatic rings. The summed E-state index contributed by atoms with van der Waals surface area (Å²) in [7, 11) is 0. The molecule has 1 aliphatic heterocycles. The zero-order valence-corrected chi connectivity index (χ0v) is 10.1. The van der Waals surface area contributed by atoms with Crippen LogP contribution in [0.5, 0.6) is 5.75 Å². The molecule has 0 bridgehead atoms. The van der Waals surface area contributed by atoms with E-state index in [0.29, 0.717) is 13.2 Å². The van der Waals surface area contributed by atoms with E-state index in [9.17, 15) is 4.39 Å². The van der Waals surface area contributed by atoms with Crippen molar-refractivity contribution in [2.45, 2.75) is 19.1 Å². The van der Waals surface area contributed by atoms with E-state index >= 15 is 0 Å². The first-order valence-electron chi connectivity index (χ1n) is 5.87. The summed E-state index contributed by atoms with van der Waals surface area (Å²) in [5.41, 5.74) is 0.282. The summed E-state index contributed by atoms with van der Waals surface area (Å²) in [5, 5.41) is 11.8. The second-order valence-electron chi connectivity index (χ2n) is 4.29. The first-order valence-corrected chi connectivity index (χ1v) is 5.87. The molecule has 0 spiro atoms. The molecule has 2 rings (SSSR count). The summed E-state index contributed by atoms with van der Waals surface area (Å²) in [6.07, 6.45) is 0.0574. The third-order valence-corrected chi connectivity index (χ3v) is 2.71. The van der Waals surface area contributed by atoms with Crippen LogP contribution in [0.1, 0.15) is 12.5 Å². The molecule has 2 unspecified atom stereocenters. The number of ether oxygens (including phenoxy) is 2. The van der Waals surface area contributed by atoms with Gasteiger partial charge in [-0.15, -0.1) is 0 Å². The maximum atomic E-state index is 13.5. The lowest BCUT2D eigenvalue weighted by Gasteiger charge is -2.28. The van der Waals surface area contributed by atoms with Crippen molar-refractivity contribution in [2.75, 3.05) is 19.7 Å². The van der Waals surface area contributed by atoms with E-state index in [1.807, 2.05) is 13.0 Å². The van der Waals surface area contributed by atoms with Crippen molar-refractivity contribution in [1.29, 1.82) is 5.26 Å². The molecule has 5 heteroatoms. The SMILES string of the molecule is CC1CNCC(COc2ccc(C#N)cc2F)O1. The molecule has 18 heavy (non-hydrogen) atoms. The van der Waals surface area contributed by atoms with E-state index in [1.54, 1.807) is 0 Å². The molecule has 0 aliphatic carbocycles. The van der Waals surface area contributed by atoms with Gasteiger partial charge < -0.3 is 14.8 Å². The molecule has 1 fully saturated rings. The molecular formula is C13H15FN2O2. The standard InChI is InChI=1S/C13H15FN2O2/c1-9-6-16-7-11(18-9)8-17-13-3-2-10(5-15)4-12(13)14/h2-4,9,11,16H,6-8H2,1H3. The molecule has 0 aromatic heterocycles. The normalized spacial score (nSPS) is 23.4. The van der Waals surface area contributed by atoms with Gasteiger partial charge in [-0.25, -0.2) is 4.39 Å². The highest BCUT2D eigenvalue weighted by Gasteiger charge is 2.19. The van der Waals surface area contributed by atoms with Crippen molar-refractivity contribution in [3.63, 3.8) is 0 Å². The molecule has 0 radical (unpaired) electrons. The van der Waals surface area contributed by atoms with E-state index < -0.39 is 5.82 Å². The van der Waals surface area contributed by atoms with Crippen molar-refractivity contribution in [3.8, 4) is 11.8 Å². The Bertz CT molecular complexity index is 459. The highest BCUT2D eigenvalue weighted by molar-refractivity contribution is 5.35. The van der Waals surface area contributed by atoms with E-state index in [2.05, 4.69) is 5.32 Å². The number of hydrogen-bond donors (Lipinski definition) is 1. The van der Waals surface area contributed by atoms with Crippen LogP contribution < -0.4 is 10.1 Å². The molecule has 1 N–H and O–H groups in total. The lowest BCUT2D eigenvalue weighted by Crippen LogP contribution is -2.45. The third-order valence-electron chi connectivity index (χ3n) is 2.71. The van der Waals surface area contributed by atoms with Crippen molar-refractivity contribution < 1.29 is 13.9 Å². The number of benzene rings is 1. The summed E-state index contributed by atoms with van der Waals surface area (Å²) >= 11 is 0. The number of nitrogens with zero attached hydrogens (tertiary/aromatic N) is 1. The van der Waals surface area contributed by atoms with Crippen molar-refractivity contribution in [1.82, 2.24) is 5.32 Å². The van der Waals surface area contributed by atoms with Crippen LogP contribution in [-0.4, -0.2) is 31.9 Å². The van der Waals surface area contributed by atoms with Gasteiger partial charge in [-0.05, 0) is 25.1 Å². The average Bonchev–Trinajstić information content (AvgIpc) is 2.37. The molecule has 4 nitrogen and oxygen atoms in total. The highest BCUT2D eigenvalue weighted by Crippen LogP contribution is 2.18. The lowest BCUT2D eigenvalue weighted by atomic mass is 10.2. The number of halogens is 1. The van der Waals surface area contributed by atoms with E-state index in [-0.39, 0.29) is 23.5 Å². The summed E-state index contributed by atoms with van der Waals surface area (Å²) in [5.74, 6) is -0.373. The number of hydrogen-bond acceptors (Lipinski definition) is 4. The largest absolute Gasteiger partial charge is 0.488 e. The Balaban J connectivity index is 1.92. The van der Waals surface area contributed by atoms with Gasteiger partial charge in [-0.3, -0.25) is 0 Å². The van der Waals surface area contributed by atoms with Crippen molar-refractivity contribution in [2.24, 2.45) is 0 Å². The van der Waals surface area contributed by atoms with Gasteiger partial charge in [0.2, 0.25) is 0 Å². The first kappa shape index (κ1) is 12.8. The number of nitriles is 1. The van der Waals surface area contributed by atoms with Crippen LogP contribution in [0.2, 0.25) is 0 Å². The van der Waals surface area contributed by atoms with Crippen LogP contribution in [0.15, 0.2) is 18.2 Å². The predicted molar refractivity (Wildman–Crippen MR) is 63.8 cm³/mol. The Morgan fingerprint density at radius 1 is 1.56 bits per heavy atom. The Morgan fingerprint density at radius 2 is 2.39 bits per heavy atom. The fourth-order valence-electron chi connectivity index (χ4n) is 1.84. The molecular weight excluding hydrogens is 235 g/mol. The number of rotatable bonds is 3. The van der Waals surface area contributed by atoms with Gasteiger partial charge in [-0.1, -0.05) is 0 Å². The fourth-order valence-corrected chi connectivity index (χ4v) is 1.84.